The molecule has 0 atom stereocenters. The van der Waals surface area contributed by atoms with E-state index in [-0.39, 0.29) is 5.91 Å². The number of nitrogens with zero attached hydrogens (tertiary/aromatic N) is 5. The van der Waals surface area contributed by atoms with E-state index in [4.69, 9.17) is 9.51 Å². The highest BCUT2D eigenvalue weighted by atomic mass is 16.5. The maximum atomic E-state index is 12.2. The Hall–Kier alpha value is -2.70. The Morgan fingerprint density at radius 2 is 2.13 bits per heavy atom. The molecule has 0 bridgehead atoms. The number of amides is 1. The van der Waals surface area contributed by atoms with Crippen LogP contribution < -0.4 is 0 Å². The molecule has 3 aromatic heterocycles. The lowest BCUT2D eigenvalue weighted by Crippen LogP contribution is -2.37. The van der Waals surface area contributed by atoms with Gasteiger partial charge in [0.2, 0.25) is 5.76 Å². The Balaban J connectivity index is 1.47. The molecule has 1 amide bonds. The smallest absolute Gasteiger partial charge is 0.292 e. The zero-order valence-electron chi connectivity index (χ0n) is 12.8. The first kappa shape index (κ1) is 13.9. The number of carbonyl (C=O) groups is 1. The van der Waals surface area contributed by atoms with Gasteiger partial charge in [-0.25, -0.2) is 9.50 Å². The number of fused-ring (bicyclic) bond motifs is 1. The van der Waals surface area contributed by atoms with Crippen molar-refractivity contribution in [2.24, 2.45) is 0 Å². The summed E-state index contributed by atoms with van der Waals surface area (Å²) in [5.74, 6) is 0.586. The molecule has 1 aliphatic rings. The molecule has 23 heavy (non-hydrogen) atoms. The van der Waals surface area contributed by atoms with Crippen molar-refractivity contribution in [1.29, 1.82) is 0 Å². The first-order valence-corrected chi connectivity index (χ1v) is 7.73. The zero-order chi connectivity index (χ0) is 15.8. The third kappa shape index (κ3) is 2.58. The molecule has 118 valence electrons. The van der Waals surface area contributed by atoms with Gasteiger partial charge in [0, 0.05) is 43.0 Å². The lowest BCUT2D eigenvalue weighted by atomic mass is 9.93. The fourth-order valence-corrected chi connectivity index (χ4v) is 3.10. The summed E-state index contributed by atoms with van der Waals surface area (Å²) < 4.78 is 6.74. The van der Waals surface area contributed by atoms with Gasteiger partial charge >= 0.3 is 0 Å². The average Bonchev–Trinajstić information content (AvgIpc) is 3.22. The molecule has 0 unspecified atom stereocenters. The van der Waals surface area contributed by atoms with E-state index in [2.05, 4.69) is 10.3 Å². The maximum Gasteiger partial charge on any atom is 0.292 e. The van der Waals surface area contributed by atoms with Crippen molar-refractivity contribution in [3.05, 3.63) is 47.7 Å². The van der Waals surface area contributed by atoms with Crippen LogP contribution in [0, 0.1) is 6.92 Å². The normalized spacial score (nSPS) is 16.1. The van der Waals surface area contributed by atoms with E-state index in [1.165, 1.54) is 6.20 Å². The summed E-state index contributed by atoms with van der Waals surface area (Å²) in [6, 6.07) is 5.61. The third-order valence-electron chi connectivity index (χ3n) is 4.32. The number of aromatic nitrogens is 4. The first-order valence-electron chi connectivity index (χ1n) is 7.73. The molecule has 7 nitrogen and oxygen atoms in total. The summed E-state index contributed by atoms with van der Waals surface area (Å²) in [6.07, 6.45) is 5.25. The lowest BCUT2D eigenvalue weighted by molar-refractivity contribution is 0.0670. The molecule has 1 saturated heterocycles. The minimum atomic E-state index is -0.0872. The van der Waals surface area contributed by atoms with Crippen LogP contribution in [0.15, 0.2) is 35.1 Å². The highest BCUT2D eigenvalue weighted by Gasteiger charge is 2.27. The Labute approximate surface area is 132 Å². The van der Waals surface area contributed by atoms with Gasteiger partial charge in [-0.2, -0.15) is 5.10 Å². The van der Waals surface area contributed by atoms with Crippen LogP contribution in [0.5, 0.6) is 0 Å². The lowest BCUT2D eigenvalue weighted by Gasteiger charge is -2.31. The van der Waals surface area contributed by atoms with E-state index in [9.17, 15) is 4.79 Å². The molecule has 0 radical (unpaired) electrons. The monoisotopic (exact) mass is 311 g/mol. The van der Waals surface area contributed by atoms with Crippen LogP contribution in [0.3, 0.4) is 0 Å². The molecule has 4 rings (SSSR count). The van der Waals surface area contributed by atoms with Crippen LogP contribution in [0.25, 0.3) is 5.65 Å². The molecule has 0 aliphatic carbocycles. The number of aryl methyl sites for hydroxylation is 1. The Morgan fingerprint density at radius 3 is 2.87 bits per heavy atom. The van der Waals surface area contributed by atoms with Gasteiger partial charge in [-0.1, -0.05) is 5.16 Å². The van der Waals surface area contributed by atoms with Crippen LogP contribution >= 0.6 is 0 Å². The second kappa shape index (κ2) is 5.49. The second-order valence-corrected chi connectivity index (χ2v) is 5.88. The highest BCUT2D eigenvalue weighted by molar-refractivity contribution is 5.91. The number of carbonyl (C=O) groups excluding carboxylic acids is 1. The van der Waals surface area contributed by atoms with E-state index >= 15 is 0 Å². The van der Waals surface area contributed by atoms with E-state index < -0.39 is 0 Å². The van der Waals surface area contributed by atoms with Crippen molar-refractivity contribution in [1.82, 2.24) is 24.7 Å². The predicted octanol–water partition coefficient (Wildman–Crippen LogP) is 2.05. The molecule has 1 aliphatic heterocycles. The average molecular weight is 311 g/mol. The highest BCUT2D eigenvalue weighted by Crippen LogP contribution is 2.27. The van der Waals surface area contributed by atoms with Gasteiger partial charge in [-0.3, -0.25) is 4.79 Å². The SMILES string of the molecule is Cc1cc2nc(C3CCN(C(=O)c4ccno4)CC3)ccn2n1. The van der Waals surface area contributed by atoms with Crippen molar-refractivity contribution in [3.8, 4) is 0 Å². The van der Waals surface area contributed by atoms with Gasteiger partial charge in [0.1, 0.15) is 0 Å². The van der Waals surface area contributed by atoms with Crippen molar-refractivity contribution in [2.45, 2.75) is 25.7 Å². The van der Waals surface area contributed by atoms with Gasteiger partial charge in [0.25, 0.3) is 5.91 Å². The van der Waals surface area contributed by atoms with Crippen LogP contribution in [0.4, 0.5) is 0 Å². The summed E-state index contributed by atoms with van der Waals surface area (Å²) in [6.45, 7) is 3.37. The van der Waals surface area contributed by atoms with Crippen molar-refractivity contribution < 1.29 is 9.32 Å². The summed E-state index contributed by atoms with van der Waals surface area (Å²) >= 11 is 0. The van der Waals surface area contributed by atoms with Gasteiger partial charge in [0.15, 0.2) is 5.65 Å². The molecule has 0 saturated carbocycles. The summed E-state index contributed by atoms with van der Waals surface area (Å²) in [7, 11) is 0. The molecule has 7 heteroatoms. The Morgan fingerprint density at radius 1 is 1.30 bits per heavy atom. The zero-order valence-corrected chi connectivity index (χ0v) is 12.8. The Kier molecular flexibility index (Phi) is 3.33. The fraction of sp³-hybridized carbons (Fsp3) is 0.375. The van der Waals surface area contributed by atoms with E-state index in [1.807, 2.05) is 30.2 Å². The number of hydrogen-bond donors (Lipinski definition) is 0. The molecular weight excluding hydrogens is 294 g/mol. The molecule has 4 heterocycles. The number of piperidine rings is 1. The van der Waals surface area contributed by atoms with Crippen molar-refractivity contribution in [3.63, 3.8) is 0 Å². The topological polar surface area (TPSA) is 76.5 Å². The van der Waals surface area contributed by atoms with Gasteiger partial charge in [-0.15, -0.1) is 0 Å². The fourth-order valence-electron chi connectivity index (χ4n) is 3.10. The quantitative estimate of drug-likeness (QED) is 0.724. The largest absolute Gasteiger partial charge is 0.351 e. The number of likely N-dealkylation sites (tertiary alicyclic amines) is 1. The minimum Gasteiger partial charge on any atom is -0.351 e. The second-order valence-electron chi connectivity index (χ2n) is 5.88. The van der Waals surface area contributed by atoms with Gasteiger partial charge in [-0.05, 0) is 25.8 Å². The van der Waals surface area contributed by atoms with Gasteiger partial charge in [0.05, 0.1) is 11.9 Å². The molecule has 0 aromatic carbocycles. The van der Waals surface area contributed by atoms with Crippen molar-refractivity contribution in [2.75, 3.05) is 13.1 Å². The van der Waals surface area contributed by atoms with Crippen LogP contribution in [-0.2, 0) is 0 Å². The van der Waals surface area contributed by atoms with Crippen molar-refractivity contribution >= 4 is 11.6 Å². The first-order chi connectivity index (χ1) is 11.2. The van der Waals surface area contributed by atoms with E-state index in [0.29, 0.717) is 24.8 Å². The number of rotatable bonds is 2. The molecule has 3 aromatic rings. The summed E-state index contributed by atoms with van der Waals surface area (Å²) in [5.41, 5.74) is 2.91. The third-order valence-corrected chi connectivity index (χ3v) is 4.32. The van der Waals surface area contributed by atoms with Gasteiger partial charge < -0.3 is 9.42 Å². The summed E-state index contributed by atoms with van der Waals surface area (Å²) in [5, 5.41) is 7.94. The van der Waals surface area contributed by atoms with Crippen LogP contribution in [0.2, 0.25) is 0 Å². The maximum absolute atomic E-state index is 12.2. The standard InChI is InChI=1S/C16H17N5O2/c1-11-10-15-18-13(5-9-21(15)19-11)12-3-7-20(8-4-12)16(22)14-2-6-17-23-14/h2,5-6,9-10,12H,3-4,7-8H2,1H3. The minimum absolute atomic E-state index is 0.0872. The molecule has 0 N–H and O–H groups in total. The number of hydrogen-bond acceptors (Lipinski definition) is 5. The predicted molar refractivity (Wildman–Crippen MR) is 82.1 cm³/mol. The van der Waals surface area contributed by atoms with E-state index in [0.717, 1.165) is 29.9 Å². The van der Waals surface area contributed by atoms with Crippen LogP contribution in [-0.4, -0.2) is 43.7 Å². The molecular formula is C16H17N5O2. The molecule has 1 fully saturated rings. The van der Waals surface area contributed by atoms with Crippen LogP contribution in [0.1, 0.15) is 40.7 Å². The van der Waals surface area contributed by atoms with E-state index in [1.54, 1.807) is 10.6 Å². The molecule has 0 spiro atoms. The Bertz CT molecular complexity index is 831. The summed E-state index contributed by atoms with van der Waals surface area (Å²) in [4.78, 5) is 18.8.